The van der Waals surface area contributed by atoms with Gasteiger partial charge in [0.25, 0.3) is 0 Å². The van der Waals surface area contributed by atoms with Gasteiger partial charge in [0.05, 0.1) is 11.6 Å². The topological polar surface area (TPSA) is 52.0 Å². The minimum absolute atomic E-state index is 0.410. The van der Waals surface area contributed by atoms with E-state index in [0.29, 0.717) is 11.6 Å². The van der Waals surface area contributed by atoms with Gasteiger partial charge in [0.15, 0.2) is 0 Å². The number of hydrogen-bond donors (Lipinski definition) is 1. The number of benzene rings is 1. The maximum absolute atomic E-state index is 9.06. The second-order valence-corrected chi connectivity index (χ2v) is 6.75. The zero-order chi connectivity index (χ0) is 16.9. The van der Waals surface area contributed by atoms with E-state index in [1.807, 2.05) is 25.1 Å². The monoisotopic (exact) mass is 340 g/mol. The van der Waals surface area contributed by atoms with Crippen molar-refractivity contribution in [3.05, 3.63) is 58.2 Å². The molecule has 1 aromatic heterocycles. The van der Waals surface area contributed by atoms with Crippen molar-refractivity contribution in [3.63, 3.8) is 0 Å². The molecule has 0 spiro atoms. The molecule has 1 saturated heterocycles. The summed E-state index contributed by atoms with van der Waals surface area (Å²) in [5.74, 6) is 0.808. The van der Waals surface area contributed by atoms with Crippen LogP contribution in [0.4, 0.5) is 5.82 Å². The first-order valence-corrected chi connectivity index (χ1v) is 8.62. The quantitative estimate of drug-likeness (QED) is 0.914. The number of rotatable bonds is 4. The van der Waals surface area contributed by atoms with E-state index in [1.165, 1.54) is 5.56 Å². The number of aromatic nitrogens is 1. The van der Waals surface area contributed by atoms with Gasteiger partial charge in [0, 0.05) is 36.4 Å². The van der Waals surface area contributed by atoms with Crippen LogP contribution in [0.2, 0.25) is 5.02 Å². The van der Waals surface area contributed by atoms with Gasteiger partial charge in [-0.05, 0) is 49.6 Å². The Morgan fingerprint density at radius 3 is 2.62 bits per heavy atom. The first kappa shape index (κ1) is 16.8. The third-order valence-electron chi connectivity index (χ3n) is 4.34. The van der Waals surface area contributed by atoms with E-state index in [-0.39, 0.29) is 0 Å². The molecule has 2 aromatic rings. The van der Waals surface area contributed by atoms with E-state index in [9.17, 15) is 0 Å². The largest absolute Gasteiger partial charge is 0.367 e. The average Bonchev–Trinajstić information content (AvgIpc) is 2.58. The van der Waals surface area contributed by atoms with Crippen molar-refractivity contribution < 1.29 is 0 Å². The molecule has 5 heteroatoms. The molecule has 0 unspecified atom stereocenters. The molecule has 0 radical (unpaired) electrons. The summed E-state index contributed by atoms with van der Waals surface area (Å²) in [5.41, 5.74) is 2.83. The van der Waals surface area contributed by atoms with Crippen molar-refractivity contribution in [1.29, 1.82) is 5.26 Å². The maximum atomic E-state index is 9.06. The van der Waals surface area contributed by atoms with Crippen LogP contribution in [0.5, 0.6) is 0 Å². The van der Waals surface area contributed by atoms with Gasteiger partial charge in [-0.2, -0.15) is 5.26 Å². The van der Waals surface area contributed by atoms with Gasteiger partial charge in [-0.3, -0.25) is 4.90 Å². The third-order valence-corrected chi connectivity index (χ3v) is 4.59. The Bertz CT molecular complexity index is 728. The number of anilines is 1. The molecular weight excluding hydrogens is 320 g/mol. The van der Waals surface area contributed by atoms with Crippen LogP contribution >= 0.6 is 11.6 Å². The predicted octanol–water partition coefficient (Wildman–Crippen LogP) is 3.99. The highest BCUT2D eigenvalue weighted by atomic mass is 35.5. The molecule has 4 nitrogen and oxygen atoms in total. The van der Waals surface area contributed by atoms with Crippen molar-refractivity contribution in [2.45, 2.75) is 32.4 Å². The standard InChI is InChI=1S/C19H21ClN4/c1-14-10-16(12-21)11-19(22-14)23-18-6-8-24(9-7-18)13-15-2-4-17(20)5-3-15/h2-5,10-11,18H,6-9,13H2,1H3,(H,22,23). The Hall–Kier alpha value is -2.09. The van der Waals surface area contributed by atoms with E-state index >= 15 is 0 Å². The molecule has 124 valence electrons. The highest BCUT2D eigenvalue weighted by Gasteiger charge is 2.19. The number of piperidine rings is 1. The lowest BCUT2D eigenvalue weighted by Gasteiger charge is -2.32. The number of likely N-dealkylation sites (tertiary alicyclic amines) is 1. The summed E-state index contributed by atoms with van der Waals surface area (Å²) in [7, 11) is 0. The molecule has 1 N–H and O–H groups in total. The van der Waals surface area contributed by atoms with Crippen molar-refractivity contribution in [2.75, 3.05) is 18.4 Å². The number of halogens is 1. The molecule has 1 fully saturated rings. The normalized spacial score (nSPS) is 15.9. The fourth-order valence-electron chi connectivity index (χ4n) is 3.10. The highest BCUT2D eigenvalue weighted by molar-refractivity contribution is 6.30. The van der Waals surface area contributed by atoms with Crippen LogP contribution in [-0.2, 0) is 6.54 Å². The van der Waals surface area contributed by atoms with Gasteiger partial charge >= 0.3 is 0 Å². The Morgan fingerprint density at radius 1 is 1.25 bits per heavy atom. The lowest BCUT2D eigenvalue weighted by Crippen LogP contribution is -2.38. The molecule has 3 rings (SSSR count). The summed E-state index contributed by atoms with van der Waals surface area (Å²) in [6.07, 6.45) is 2.15. The summed E-state index contributed by atoms with van der Waals surface area (Å²) in [6.45, 7) is 4.99. The van der Waals surface area contributed by atoms with Crippen LogP contribution in [0.15, 0.2) is 36.4 Å². The van der Waals surface area contributed by atoms with Crippen molar-refractivity contribution in [3.8, 4) is 6.07 Å². The number of nitrogens with one attached hydrogen (secondary N) is 1. The molecule has 24 heavy (non-hydrogen) atoms. The minimum Gasteiger partial charge on any atom is -0.367 e. The third kappa shape index (κ3) is 4.47. The number of nitrogens with zero attached hydrogens (tertiary/aromatic N) is 3. The molecule has 1 aromatic carbocycles. The lowest BCUT2D eigenvalue weighted by molar-refractivity contribution is 0.211. The van der Waals surface area contributed by atoms with Gasteiger partial charge in [-0.1, -0.05) is 23.7 Å². The van der Waals surface area contributed by atoms with Gasteiger partial charge in [-0.25, -0.2) is 4.98 Å². The number of aryl methyl sites for hydroxylation is 1. The van der Waals surface area contributed by atoms with Crippen LogP contribution in [0, 0.1) is 18.3 Å². The minimum atomic E-state index is 0.410. The fraction of sp³-hybridized carbons (Fsp3) is 0.368. The van der Waals surface area contributed by atoms with Crippen LogP contribution < -0.4 is 5.32 Å². The van der Waals surface area contributed by atoms with Crippen molar-refractivity contribution >= 4 is 17.4 Å². The van der Waals surface area contributed by atoms with E-state index in [1.54, 1.807) is 6.07 Å². The Morgan fingerprint density at radius 2 is 1.96 bits per heavy atom. The van der Waals surface area contributed by atoms with Gasteiger partial charge in [0.2, 0.25) is 0 Å². The molecule has 1 aliphatic heterocycles. The van der Waals surface area contributed by atoms with E-state index in [4.69, 9.17) is 16.9 Å². The maximum Gasteiger partial charge on any atom is 0.127 e. The summed E-state index contributed by atoms with van der Waals surface area (Å²) in [5, 5.41) is 13.3. The molecule has 0 bridgehead atoms. The lowest BCUT2D eigenvalue weighted by atomic mass is 10.0. The number of hydrogen-bond acceptors (Lipinski definition) is 4. The fourth-order valence-corrected chi connectivity index (χ4v) is 3.23. The van der Waals surface area contributed by atoms with Crippen LogP contribution in [0.1, 0.15) is 29.7 Å². The summed E-state index contributed by atoms with van der Waals surface area (Å²) < 4.78 is 0. The van der Waals surface area contributed by atoms with E-state index < -0.39 is 0 Å². The number of nitriles is 1. The van der Waals surface area contributed by atoms with Gasteiger partial charge in [0.1, 0.15) is 5.82 Å². The highest BCUT2D eigenvalue weighted by Crippen LogP contribution is 2.19. The summed E-state index contributed by atoms with van der Waals surface area (Å²) >= 11 is 5.94. The Balaban J connectivity index is 1.53. The van der Waals surface area contributed by atoms with Gasteiger partial charge < -0.3 is 5.32 Å². The van der Waals surface area contributed by atoms with Crippen molar-refractivity contribution in [2.24, 2.45) is 0 Å². The average molecular weight is 341 g/mol. The zero-order valence-electron chi connectivity index (χ0n) is 13.8. The first-order chi connectivity index (χ1) is 11.6. The Labute approximate surface area is 148 Å². The molecule has 0 aliphatic carbocycles. The zero-order valence-corrected chi connectivity index (χ0v) is 14.6. The Kier molecular flexibility index (Phi) is 5.34. The molecular formula is C19H21ClN4. The second-order valence-electron chi connectivity index (χ2n) is 6.32. The SMILES string of the molecule is Cc1cc(C#N)cc(NC2CCN(Cc3ccc(Cl)cc3)CC2)n1. The summed E-state index contributed by atoms with van der Waals surface area (Å²) in [6, 6.07) is 14.3. The van der Waals surface area contributed by atoms with Crippen molar-refractivity contribution in [1.82, 2.24) is 9.88 Å². The summed E-state index contributed by atoms with van der Waals surface area (Å²) in [4.78, 5) is 6.95. The van der Waals surface area contributed by atoms with Crippen LogP contribution in [0.3, 0.4) is 0 Å². The molecule has 0 saturated carbocycles. The second kappa shape index (κ2) is 7.65. The van der Waals surface area contributed by atoms with Crippen LogP contribution in [-0.4, -0.2) is 29.0 Å². The van der Waals surface area contributed by atoms with Crippen LogP contribution in [0.25, 0.3) is 0 Å². The molecule has 2 heterocycles. The number of pyridine rings is 1. The molecule has 0 amide bonds. The van der Waals surface area contributed by atoms with E-state index in [0.717, 1.165) is 49.0 Å². The van der Waals surface area contributed by atoms with E-state index in [2.05, 4.69) is 33.4 Å². The first-order valence-electron chi connectivity index (χ1n) is 8.24. The molecule has 0 atom stereocenters. The molecule has 1 aliphatic rings. The van der Waals surface area contributed by atoms with Gasteiger partial charge in [-0.15, -0.1) is 0 Å². The predicted molar refractivity (Wildman–Crippen MR) is 97.1 cm³/mol. The smallest absolute Gasteiger partial charge is 0.127 e.